The van der Waals surface area contributed by atoms with Crippen molar-refractivity contribution in [2.45, 2.75) is 58.7 Å². The molecule has 1 saturated carbocycles. The molecule has 0 aromatic heterocycles. The van der Waals surface area contributed by atoms with Gasteiger partial charge in [-0.2, -0.15) is 0 Å². The highest BCUT2D eigenvalue weighted by Crippen LogP contribution is 2.50. The maximum absolute atomic E-state index is 12.9. The van der Waals surface area contributed by atoms with Gasteiger partial charge in [0.15, 0.2) is 11.5 Å². The molecular weight excluding hydrogens is 332 g/mol. The van der Waals surface area contributed by atoms with Crippen molar-refractivity contribution >= 4 is 5.91 Å². The molecule has 0 spiro atoms. The summed E-state index contributed by atoms with van der Waals surface area (Å²) in [4.78, 5) is 12.9. The normalized spacial score (nSPS) is 25.2. The fraction of sp³-hybridized carbons (Fsp3) is 0.650. The number of aryl methyl sites for hydroxylation is 1. The van der Waals surface area contributed by atoms with E-state index in [1.54, 1.807) is 14.2 Å². The van der Waals surface area contributed by atoms with Crippen LogP contribution in [-0.4, -0.2) is 38.4 Å². The number of ether oxygens (including phenoxy) is 3. The summed E-state index contributed by atoms with van der Waals surface area (Å²) in [6.45, 7) is 10.5. The highest BCUT2D eigenvalue weighted by Gasteiger charge is 2.62. The van der Waals surface area contributed by atoms with Gasteiger partial charge in [-0.25, -0.2) is 0 Å². The molecule has 0 bridgehead atoms. The zero-order valence-corrected chi connectivity index (χ0v) is 16.9. The van der Waals surface area contributed by atoms with Crippen LogP contribution in [0, 0.1) is 12.3 Å². The van der Waals surface area contributed by atoms with Crippen molar-refractivity contribution in [3.63, 3.8) is 0 Å². The molecule has 3 unspecified atom stereocenters. The van der Waals surface area contributed by atoms with Crippen LogP contribution in [0.25, 0.3) is 0 Å². The second-order valence-corrected chi connectivity index (χ2v) is 7.60. The van der Waals surface area contributed by atoms with E-state index in [1.165, 1.54) is 0 Å². The molecule has 0 heterocycles. The number of benzene rings is 1. The summed E-state index contributed by atoms with van der Waals surface area (Å²) in [5, 5.41) is 3.07. The number of nitrogens with two attached hydrogens (primary N) is 1. The van der Waals surface area contributed by atoms with E-state index in [0.717, 1.165) is 11.1 Å². The van der Waals surface area contributed by atoms with Crippen LogP contribution in [-0.2, 0) is 9.53 Å². The smallest absolute Gasteiger partial charge is 0.241 e. The van der Waals surface area contributed by atoms with Gasteiger partial charge in [-0.3, -0.25) is 4.79 Å². The topological polar surface area (TPSA) is 82.8 Å². The molecule has 1 aromatic rings. The van der Waals surface area contributed by atoms with Gasteiger partial charge in [0.05, 0.1) is 26.4 Å². The highest BCUT2D eigenvalue weighted by atomic mass is 16.5. The number of hydrogen-bond donors (Lipinski definition) is 2. The number of carbonyl (C=O) groups is 1. The first-order valence-corrected chi connectivity index (χ1v) is 9.06. The van der Waals surface area contributed by atoms with E-state index in [1.807, 2.05) is 46.8 Å². The summed E-state index contributed by atoms with van der Waals surface area (Å²) in [6, 6.07) is 3.61. The van der Waals surface area contributed by atoms with Crippen LogP contribution in [0.5, 0.6) is 11.5 Å². The average Bonchev–Trinajstić information content (AvgIpc) is 2.60. The van der Waals surface area contributed by atoms with Crippen molar-refractivity contribution in [3.8, 4) is 11.5 Å². The predicted octanol–water partition coefficient (Wildman–Crippen LogP) is 2.72. The first-order chi connectivity index (χ1) is 12.1. The summed E-state index contributed by atoms with van der Waals surface area (Å²) in [6.07, 6.45) is 0.526. The zero-order valence-electron chi connectivity index (χ0n) is 16.9. The maximum atomic E-state index is 12.9. The van der Waals surface area contributed by atoms with Crippen LogP contribution < -0.4 is 20.5 Å². The van der Waals surface area contributed by atoms with Crippen molar-refractivity contribution < 1.29 is 19.0 Å². The Bertz CT molecular complexity index is 674. The fourth-order valence-corrected chi connectivity index (χ4v) is 3.69. The van der Waals surface area contributed by atoms with E-state index in [9.17, 15) is 4.79 Å². The van der Waals surface area contributed by atoms with Gasteiger partial charge in [0.1, 0.15) is 5.54 Å². The molecular formula is C20H32N2O4. The highest BCUT2D eigenvalue weighted by molar-refractivity contribution is 5.89. The van der Waals surface area contributed by atoms with Crippen molar-refractivity contribution in [1.29, 1.82) is 0 Å². The van der Waals surface area contributed by atoms with E-state index in [0.29, 0.717) is 24.5 Å². The molecule has 0 aliphatic heterocycles. The van der Waals surface area contributed by atoms with Gasteiger partial charge in [0, 0.05) is 18.4 Å². The predicted molar refractivity (Wildman–Crippen MR) is 102 cm³/mol. The Labute approximate surface area is 156 Å². The Morgan fingerprint density at radius 3 is 2.38 bits per heavy atom. The Balaban J connectivity index is 2.18. The molecule has 3 atom stereocenters. The summed E-state index contributed by atoms with van der Waals surface area (Å²) in [5.41, 5.74) is 7.10. The number of amides is 1. The quantitative estimate of drug-likeness (QED) is 0.777. The number of rotatable bonds is 7. The van der Waals surface area contributed by atoms with Gasteiger partial charge in [-0.05, 0) is 44.0 Å². The molecule has 1 aliphatic carbocycles. The van der Waals surface area contributed by atoms with Crippen LogP contribution in [0.4, 0.5) is 0 Å². The zero-order chi connectivity index (χ0) is 19.7. The molecule has 26 heavy (non-hydrogen) atoms. The SMILES string of the molecule is CCOC1CC(N)(C(=O)NC(C)c2cc(OC)c(OC)cc2C)C1(C)C. The van der Waals surface area contributed by atoms with Crippen LogP contribution in [0.15, 0.2) is 12.1 Å². The van der Waals surface area contributed by atoms with E-state index in [2.05, 4.69) is 5.32 Å². The van der Waals surface area contributed by atoms with Gasteiger partial charge < -0.3 is 25.3 Å². The van der Waals surface area contributed by atoms with Crippen molar-refractivity contribution in [3.05, 3.63) is 23.3 Å². The molecule has 6 nitrogen and oxygen atoms in total. The minimum atomic E-state index is -0.939. The van der Waals surface area contributed by atoms with E-state index >= 15 is 0 Å². The van der Waals surface area contributed by atoms with E-state index in [-0.39, 0.29) is 18.1 Å². The Hall–Kier alpha value is -1.79. The number of hydrogen-bond acceptors (Lipinski definition) is 5. The lowest BCUT2D eigenvalue weighted by atomic mass is 9.54. The van der Waals surface area contributed by atoms with Crippen molar-refractivity contribution in [1.82, 2.24) is 5.32 Å². The van der Waals surface area contributed by atoms with E-state index in [4.69, 9.17) is 19.9 Å². The summed E-state index contributed by atoms with van der Waals surface area (Å²) in [5.74, 6) is 1.15. The van der Waals surface area contributed by atoms with Gasteiger partial charge in [0.2, 0.25) is 5.91 Å². The molecule has 1 fully saturated rings. The minimum Gasteiger partial charge on any atom is -0.493 e. The third-order valence-electron chi connectivity index (χ3n) is 5.82. The number of nitrogens with one attached hydrogen (secondary N) is 1. The molecule has 2 rings (SSSR count). The Morgan fingerprint density at radius 1 is 1.31 bits per heavy atom. The van der Waals surface area contributed by atoms with Gasteiger partial charge in [0.25, 0.3) is 0 Å². The maximum Gasteiger partial charge on any atom is 0.241 e. The van der Waals surface area contributed by atoms with Crippen LogP contribution in [0.3, 0.4) is 0 Å². The molecule has 1 amide bonds. The van der Waals surface area contributed by atoms with Crippen molar-refractivity contribution in [2.24, 2.45) is 11.1 Å². The largest absolute Gasteiger partial charge is 0.493 e. The van der Waals surface area contributed by atoms with E-state index < -0.39 is 11.0 Å². The molecule has 146 valence electrons. The summed E-state index contributed by atoms with van der Waals surface area (Å²) in [7, 11) is 3.20. The Morgan fingerprint density at radius 2 is 1.88 bits per heavy atom. The third-order valence-corrected chi connectivity index (χ3v) is 5.82. The van der Waals surface area contributed by atoms with Crippen molar-refractivity contribution in [2.75, 3.05) is 20.8 Å². The molecule has 6 heteroatoms. The standard InChI is InChI=1S/C20H32N2O4/c1-8-26-17-11-20(21,19(17,4)5)18(23)22-13(3)14-10-16(25-7)15(24-6)9-12(14)2/h9-10,13,17H,8,11,21H2,1-7H3,(H,22,23). The van der Waals surface area contributed by atoms with Gasteiger partial charge >= 0.3 is 0 Å². The summed E-state index contributed by atoms with van der Waals surface area (Å²) < 4.78 is 16.4. The van der Waals surface area contributed by atoms with Gasteiger partial charge in [-0.15, -0.1) is 0 Å². The van der Waals surface area contributed by atoms with Crippen LogP contribution >= 0.6 is 0 Å². The monoisotopic (exact) mass is 364 g/mol. The summed E-state index contributed by atoms with van der Waals surface area (Å²) >= 11 is 0. The second kappa shape index (κ2) is 7.45. The first kappa shape index (κ1) is 20.5. The molecule has 1 aliphatic rings. The lowest BCUT2D eigenvalue weighted by Crippen LogP contribution is -2.75. The van der Waals surface area contributed by atoms with Crippen LogP contribution in [0.2, 0.25) is 0 Å². The molecule has 0 saturated heterocycles. The molecule has 1 aromatic carbocycles. The number of carbonyl (C=O) groups excluding carboxylic acids is 1. The number of methoxy groups -OCH3 is 2. The molecule has 0 radical (unpaired) electrons. The molecule has 3 N–H and O–H groups in total. The lowest BCUT2D eigenvalue weighted by Gasteiger charge is -2.57. The Kier molecular flexibility index (Phi) is 5.88. The second-order valence-electron chi connectivity index (χ2n) is 7.60. The third kappa shape index (κ3) is 3.28. The lowest BCUT2D eigenvalue weighted by molar-refractivity contribution is -0.171. The van der Waals surface area contributed by atoms with Gasteiger partial charge in [-0.1, -0.05) is 13.8 Å². The fourth-order valence-electron chi connectivity index (χ4n) is 3.69. The minimum absolute atomic E-state index is 0.00127. The average molecular weight is 364 g/mol. The first-order valence-electron chi connectivity index (χ1n) is 9.06. The van der Waals surface area contributed by atoms with Crippen LogP contribution in [0.1, 0.15) is 51.3 Å².